The number of aldehydes is 1. The van der Waals surface area contributed by atoms with E-state index >= 15 is 0 Å². The van der Waals surface area contributed by atoms with Crippen molar-refractivity contribution in [3.63, 3.8) is 0 Å². The normalized spacial score (nSPS) is 10.5. The molecule has 88 valence electrons. The first-order valence-electron chi connectivity index (χ1n) is 5.12. The van der Waals surface area contributed by atoms with Gasteiger partial charge in [-0.2, -0.15) is 0 Å². The predicted molar refractivity (Wildman–Crippen MR) is 66.1 cm³/mol. The van der Waals surface area contributed by atoms with Crippen LogP contribution in [0.1, 0.15) is 24.2 Å². The Labute approximate surface area is 104 Å². The summed E-state index contributed by atoms with van der Waals surface area (Å²) in [6.45, 7) is 4.98. The minimum Gasteiger partial charge on any atom is -0.491 e. The standard InChI is InChI=1S/C12H15BrO3/c1-9(2)15-5-6-16-11-3-4-12(13)10(7-11)8-14/h3-4,7-9H,5-6H2,1-2H3. The van der Waals surface area contributed by atoms with Crippen LogP contribution in [-0.4, -0.2) is 25.6 Å². The summed E-state index contributed by atoms with van der Waals surface area (Å²) in [5.74, 6) is 0.678. The van der Waals surface area contributed by atoms with Gasteiger partial charge in [0.15, 0.2) is 6.29 Å². The van der Waals surface area contributed by atoms with E-state index in [1.165, 1.54) is 0 Å². The van der Waals surface area contributed by atoms with Gasteiger partial charge in [-0.1, -0.05) is 15.9 Å². The fraction of sp³-hybridized carbons (Fsp3) is 0.417. The highest BCUT2D eigenvalue weighted by Crippen LogP contribution is 2.20. The maximum Gasteiger partial charge on any atom is 0.151 e. The van der Waals surface area contributed by atoms with Crippen molar-refractivity contribution < 1.29 is 14.3 Å². The highest BCUT2D eigenvalue weighted by molar-refractivity contribution is 9.10. The summed E-state index contributed by atoms with van der Waals surface area (Å²) in [6, 6.07) is 5.31. The summed E-state index contributed by atoms with van der Waals surface area (Å²) in [6.07, 6.45) is 1.00. The lowest BCUT2D eigenvalue weighted by Crippen LogP contribution is -2.11. The zero-order valence-corrected chi connectivity index (χ0v) is 11.0. The van der Waals surface area contributed by atoms with Crippen molar-refractivity contribution in [1.82, 2.24) is 0 Å². The van der Waals surface area contributed by atoms with Crippen LogP contribution in [0, 0.1) is 0 Å². The smallest absolute Gasteiger partial charge is 0.151 e. The van der Waals surface area contributed by atoms with E-state index in [0.717, 1.165) is 10.8 Å². The van der Waals surface area contributed by atoms with Gasteiger partial charge in [-0.05, 0) is 32.0 Å². The van der Waals surface area contributed by atoms with E-state index in [-0.39, 0.29) is 6.10 Å². The van der Waals surface area contributed by atoms with Gasteiger partial charge in [0.1, 0.15) is 12.4 Å². The molecule has 1 aromatic rings. The fourth-order valence-corrected chi connectivity index (χ4v) is 1.49. The minimum atomic E-state index is 0.207. The minimum absolute atomic E-state index is 0.207. The lowest BCUT2D eigenvalue weighted by Gasteiger charge is -2.09. The van der Waals surface area contributed by atoms with Gasteiger partial charge in [0.25, 0.3) is 0 Å². The number of carbonyl (C=O) groups is 1. The molecule has 0 bridgehead atoms. The van der Waals surface area contributed by atoms with Crippen LogP contribution in [0.3, 0.4) is 0 Å². The Kier molecular flexibility index (Phi) is 5.49. The lowest BCUT2D eigenvalue weighted by atomic mass is 10.2. The van der Waals surface area contributed by atoms with Gasteiger partial charge in [-0.15, -0.1) is 0 Å². The molecular weight excluding hydrogens is 272 g/mol. The second-order valence-electron chi connectivity index (χ2n) is 3.57. The van der Waals surface area contributed by atoms with E-state index in [2.05, 4.69) is 15.9 Å². The molecule has 0 aliphatic carbocycles. The van der Waals surface area contributed by atoms with Crippen molar-refractivity contribution in [1.29, 1.82) is 0 Å². The van der Waals surface area contributed by atoms with Crippen LogP contribution in [0.2, 0.25) is 0 Å². The molecular formula is C12H15BrO3. The number of rotatable bonds is 6. The summed E-state index contributed by atoms with van der Waals surface area (Å²) in [5, 5.41) is 0. The fourth-order valence-electron chi connectivity index (χ4n) is 1.15. The second kappa shape index (κ2) is 6.66. The van der Waals surface area contributed by atoms with Crippen LogP contribution in [0.15, 0.2) is 22.7 Å². The number of hydrogen-bond acceptors (Lipinski definition) is 3. The number of halogens is 1. The Morgan fingerprint density at radius 3 is 2.75 bits per heavy atom. The van der Waals surface area contributed by atoms with E-state index in [1.54, 1.807) is 12.1 Å². The highest BCUT2D eigenvalue weighted by atomic mass is 79.9. The monoisotopic (exact) mass is 286 g/mol. The first-order valence-corrected chi connectivity index (χ1v) is 5.92. The zero-order valence-electron chi connectivity index (χ0n) is 9.40. The molecule has 0 spiro atoms. The largest absolute Gasteiger partial charge is 0.491 e. The van der Waals surface area contributed by atoms with Crippen LogP contribution in [0.4, 0.5) is 0 Å². The molecule has 0 unspecified atom stereocenters. The van der Waals surface area contributed by atoms with Crippen LogP contribution in [0.5, 0.6) is 5.75 Å². The van der Waals surface area contributed by atoms with Gasteiger partial charge in [-0.3, -0.25) is 4.79 Å². The first kappa shape index (κ1) is 13.2. The van der Waals surface area contributed by atoms with Gasteiger partial charge in [0.2, 0.25) is 0 Å². The Morgan fingerprint density at radius 1 is 1.38 bits per heavy atom. The SMILES string of the molecule is CC(C)OCCOc1ccc(Br)c(C=O)c1. The summed E-state index contributed by atoms with van der Waals surface area (Å²) in [5.41, 5.74) is 0.585. The molecule has 0 N–H and O–H groups in total. The van der Waals surface area contributed by atoms with Gasteiger partial charge in [-0.25, -0.2) is 0 Å². The summed E-state index contributed by atoms with van der Waals surface area (Å²) in [4.78, 5) is 10.7. The molecule has 0 fully saturated rings. The van der Waals surface area contributed by atoms with Crippen molar-refractivity contribution in [2.24, 2.45) is 0 Å². The Hall–Kier alpha value is -0.870. The third kappa shape index (κ3) is 4.33. The summed E-state index contributed by atoms with van der Waals surface area (Å²) < 4.78 is 11.6. The van der Waals surface area contributed by atoms with E-state index < -0.39 is 0 Å². The Balaban J connectivity index is 2.45. The molecule has 0 saturated heterocycles. The quantitative estimate of drug-likeness (QED) is 0.596. The summed E-state index contributed by atoms with van der Waals surface area (Å²) in [7, 11) is 0. The average molecular weight is 287 g/mol. The highest BCUT2D eigenvalue weighted by Gasteiger charge is 2.01. The zero-order chi connectivity index (χ0) is 12.0. The van der Waals surface area contributed by atoms with E-state index in [1.807, 2.05) is 19.9 Å². The molecule has 0 aromatic heterocycles. The van der Waals surface area contributed by atoms with Crippen LogP contribution in [-0.2, 0) is 4.74 Å². The topological polar surface area (TPSA) is 35.5 Å². The predicted octanol–water partition coefficient (Wildman–Crippen LogP) is 3.07. The molecule has 1 aromatic carbocycles. The molecule has 0 radical (unpaired) electrons. The number of carbonyl (C=O) groups excluding carboxylic acids is 1. The second-order valence-corrected chi connectivity index (χ2v) is 4.42. The molecule has 0 atom stereocenters. The molecule has 0 aliphatic rings. The van der Waals surface area contributed by atoms with Crippen molar-refractivity contribution >= 4 is 22.2 Å². The Bertz CT molecular complexity index is 350. The Morgan fingerprint density at radius 2 is 2.12 bits per heavy atom. The van der Waals surface area contributed by atoms with Crippen molar-refractivity contribution in [3.8, 4) is 5.75 Å². The molecule has 0 amide bonds. The van der Waals surface area contributed by atoms with E-state index in [9.17, 15) is 4.79 Å². The molecule has 0 saturated carbocycles. The van der Waals surface area contributed by atoms with Gasteiger partial charge in [0.05, 0.1) is 12.7 Å². The van der Waals surface area contributed by atoms with E-state index in [4.69, 9.17) is 9.47 Å². The molecule has 4 heteroatoms. The lowest BCUT2D eigenvalue weighted by molar-refractivity contribution is 0.0552. The average Bonchev–Trinajstić information content (AvgIpc) is 2.26. The van der Waals surface area contributed by atoms with E-state index in [0.29, 0.717) is 24.5 Å². The maximum absolute atomic E-state index is 10.7. The molecule has 3 nitrogen and oxygen atoms in total. The van der Waals surface area contributed by atoms with Crippen LogP contribution in [0.25, 0.3) is 0 Å². The van der Waals surface area contributed by atoms with Gasteiger partial charge >= 0.3 is 0 Å². The van der Waals surface area contributed by atoms with Crippen molar-refractivity contribution in [2.45, 2.75) is 20.0 Å². The number of hydrogen-bond donors (Lipinski definition) is 0. The van der Waals surface area contributed by atoms with Crippen LogP contribution >= 0.6 is 15.9 Å². The molecule has 16 heavy (non-hydrogen) atoms. The number of ether oxygens (including phenoxy) is 2. The first-order chi connectivity index (χ1) is 7.63. The number of benzene rings is 1. The third-order valence-corrected chi connectivity index (χ3v) is 2.62. The molecule has 0 heterocycles. The van der Waals surface area contributed by atoms with Gasteiger partial charge < -0.3 is 9.47 Å². The van der Waals surface area contributed by atoms with Gasteiger partial charge in [0, 0.05) is 10.0 Å². The van der Waals surface area contributed by atoms with Crippen LogP contribution < -0.4 is 4.74 Å². The maximum atomic E-state index is 10.7. The molecule has 1 rings (SSSR count). The third-order valence-electron chi connectivity index (χ3n) is 1.90. The summed E-state index contributed by atoms with van der Waals surface area (Å²) >= 11 is 3.28. The van der Waals surface area contributed by atoms with Crippen molar-refractivity contribution in [3.05, 3.63) is 28.2 Å². The van der Waals surface area contributed by atoms with Crippen molar-refractivity contribution in [2.75, 3.05) is 13.2 Å². The molecule has 0 aliphatic heterocycles.